The highest BCUT2D eigenvalue weighted by atomic mass is 32.2. The Hall–Kier alpha value is -1.20. The van der Waals surface area contributed by atoms with Crippen molar-refractivity contribution in [1.29, 1.82) is 0 Å². The number of nitrogens with one attached hydrogen (secondary N) is 1. The maximum atomic E-state index is 12.7. The fraction of sp³-hybridized carbons (Fsp3) is 0.611. The van der Waals surface area contributed by atoms with Crippen molar-refractivity contribution in [3.8, 4) is 0 Å². The number of hydrogen-bond acceptors (Lipinski definition) is 4. The second-order valence-electron chi connectivity index (χ2n) is 7.68. The first-order valence-electron chi connectivity index (χ1n) is 8.16. The summed E-state index contributed by atoms with van der Waals surface area (Å²) in [7, 11) is -3.38. The summed E-state index contributed by atoms with van der Waals surface area (Å²) >= 11 is 0. The minimum Gasteiger partial charge on any atom is -0.306 e. The lowest BCUT2D eigenvalue weighted by Gasteiger charge is -2.18. The zero-order chi connectivity index (χ0) is 17.3. The van der Waals surface area contributed by atoms with Gasteiger partial charge in [-0.15, -0.1) is 0 Å². The summed E-state index contributed by atoms with van der Waals surface area (Å²) in [6.45, 7) is 8.44. The fourth-order valence-electron chi connectivity index (χ4n) is 2.81. The fourth-order valence-corrected chi connectivity index (χ4v) is 4.47. The van der Waals surface area contributed by atoms with Crippen molar-refractivity contribution in [2.75, 3.05) is 6.54 Å². The molecule has 1 aromatic carbocycles. The Morgan fingerprint density at radius 1 is 1.22 bits per heavy atom. The quantitative estimate of drug-likeness (QED) is 0.897. The van der Waals surface area contributed by atoms with Gasteiger partial charge in [0.25, 0.3) is 0 Å². The number of rotatable bonds is 5. The summed E-state index contributed by atoms with van der Waals surface area (Å²) in [6, 6.07) is 6.89. The minimum atomic E-state index is -3.38. The van der Waals surface area contributed by atoms with Gasteiger partial charge in [-0.3, -0.25) is 4.79 Å². The Kier molecular flexibility index (Phi) is 5.31. The Morgan fingerprint density at radius 3 is 2.30 bits per heavy atom. The van der Waals surface area contributed by atoms with E-state index < -0.39 is 15.1 Å². The number of benzene rings is 1. The molecule has 1 heterocycles. The Balaban J connectivity index is 2.08. The van der Waals surface area contributed by atoms with Crippen LogP contribution in [-0.4, -0.2) is 32.0 Å². The zero-order valence-corrected chi connectivity index (χ0v) is 15.2. The molecule has 1 saturated heterocycles. The van der Waals surface area contributed by atoms with Gasteiger partial charge in [-0.25, -0.2) is 8.42 Å². The van der Waals surface area contributed by atoms with Crippen LogP contribution in [0.15, 0.2) is 29.2 Å². The summed E-state index contributed by atoms with van der Waals surface area (Å²) < 4.78 is 25.4. The van der Waals surface area contributed by atoms with E-state index in [1.807, 2.05) is 12.1 Å². The van der Waals surface area contributed by atoms with Gasteiger partial charge in [0.05, 0.1) is 16.2 Å². The van der Waals surface area contributed by atoms with Crippen LogP contribution in [0.1, 0.15) is 46.1 Å². The summed E-state index contributed by atoms with van der Waals surface area (Å²) in [5.74, 6) is 0.000211. The molecule has 128 valence electrons. The van der Waals surface area contributed by atoms with Gasteiger partial charge in [-0.2, -0.15) is 0 Å². The third-order valence-electron chi connectivity index (χ3n) is 4.44. The SMILES string of the molecule is CC(=O)[C@@H]1CC(S(=O)(=O)c2ccc(CCC(C)(C)C)cc2)CN1. The van der Waals surface area contributed by atoms with E-state index in [9.17, 15) is 13.2 Å². The molecule has 1 unspecified atom stereocenters. The van der Waals surface area contributed by atoms with Gasteiger partial charge in [0.1, 0.15) is 5.78 Å². The van der Waals surface area contributed by atoms with Crippen LogP contribution in [0.3, 0.4) is 0 Å². The van der Waals surface area contributed by atoms with Crippen molar-refractivity contribution in [2.24, 2.45) is 5.41 Å². The van der Waals surface area contributed by atoms with Crippen LogP contribution in [0.2, 0.25) is 0 Å². The van der Waals surface area contributed by atoms with Crippen LogP contribution in [0.5, 0.6) is 0 Å². The third kappa shape index (κ3) is 4.64. The van der Waals surface area contributed by atoms with E-state index in [1.165, 1.54) is 6.92 Å². The normalized spacial score (nSPS) is 22.3. The molecule has 2 rings (SSSR count). The number of carbonyl (C=O) groups is 1. The largest absolute Gasteiger partial charge is 0.306 e. The first kappa shape index (κ1) is 18.1. The van der Waals surface area contributed by atoms with Crippen molar-refractivity contribution < 1.29 is 13.2 Å². The highest BCUT2D eigenvalue weighted by Gasteiger charge is 2.36. The van der Waals surface area contributed by atoms with E-state index in [2.05, 4.69) is 26.1 Å². The van der Waals surface area contributed by atoms with Gasteiger partial charge in [0.15, 0.2) is 9.84 Å². The van der Waals surface area contributed by atoms with Gasteiger partial charge >= 0.3 is 0 Å². The molecule has 1 aromatic rings. The number of sulfone groups is 1. The minimum absolute atomic E-state index is 0.000211. The average molecular weight is 337 g/mol. The lowest BCUT2D eigenvalue weighted by molar-refractivity contribution is -0.118. The first-order valence-corrected chi connectivity index (χ1v) is 9.71. The van der Waals surface area contributed by atoms with Crippen molar-refractivity contribution >= 4 is 15.6 Å². The van der Waals surface area contributed by atoms with Crippen LogP contribution in [-0.2, 0) is 21.1 Å². The summed E-state index contributed by atoms with van der Waals surface area (Å²) in [5, 5.41) is 2.48. The van der Waals surface area contributed by atoms with Crippen molar-refractivity contribution in [2.45, 2.75) is 63.1 Å². The molecule has 0 spiro atoms. The molecule has 1 fully saturated rings. The lowest BCUT2D eigenvalue weighted by atomic mass is 9.89. The highest BCUT2D eigenvalue weighted by Crippen LogP contribution is 2.25. The molecular formula is C18H27NO3S. The predicted molar refractivity (Wildman–Crippen MR) is 92.3 cm³/mol. The second-order valence-corrected chi connectivity index (χ2v) is 9.91. The number of aryl methyl sites for hydroxylation is 1. The maximum absolute atomic E-state index is 12.7. The Morgan fingerprint density at radius 2 is 1.83 bits per heavy atom. The molecule has 4 nitrogen and oxygen atoms in total. The monoisotopic (exact) mass is 337 g/mol. The van der Waals surface area contributed by atoms with E-state index in [4.69, 9.17) is 0 Å². The van der Waals surface area contributed by atoms with E-state index in [0.717, 1.165) is 18.4 Å². The topological polar surface area (TPSA) is 63.2 Å². The van der Waals surface area contributed by atoms with E-state index in [-0.39, 0.29) is 17.2 Å². The average Bonchev–Trinajstić information content (AvgIpc) is 2.95. The van der Waals surface area contributed by atoms with Crippen molar-refractivity contribution in [3.05, 3.63) is 29.8 Å². The van der Waals surface area contributed by atoms with Gasteiger partial charge in [-0.1, -0.05) is 32.9 Å². The molecular weight excluding hydrogens is 310 g/mol. The van der Waals surface area contributed by atoms with Crippen molar-refractivity contribution in [1.82, 2.24) is 5.32 Å². The number of hydrogen-bond donors (Lipinski definition) is 1. The van der Waals surface area contributed by atoms with Gasteiger partial charge in [0, 0.05) is 6.54 Å². The molecule has 23 heavy (non-hydrogen) atoms. The molecule has 2 atom stereocenters. The van der Waals surface area contributed by atoms with Crippen LogP contribution >= 0.6 is 0 Å². The Labute approximate surface area is 139 Å². The lowest BCUT2D eigenvalue weighted by Crippen LogP contribution is -2.28. The van der Waals surface area contributed by atoms with Gasteiger partial charge in [-0.05, 0) is 49.3 Å². The molecule has 0 saturated carbocycles. The van der Waals surface area contributed by atoms with Crippen LogP contribution < -0.4 is 5.32 Å². The molecule has 1 N–H and O–H groups in total. The predicted octanol–water partition coefficient (Wildman–Crippen LogP) is 2.76. The van der Waals surface area contributed by atoms with E-state index in [1.54, 1.807) is 12.1 Å². The summed E-state index contributed by atoms with van der Waals surface area (Å²) in [5.41, 5.74) is 1.42. The second kappa shape index (κ2) is 6.73. The van der Waals surface area contributed by atoms with E-state index >= 15 is 0 Å². The van der Waals surface area contributed by atoms with Crippen LogP contribution in [0.25, 0.3) is 0 Å². The molecule has 0 aromatic heterocycles. The Bertz CT molecular complexity index is 657. The van der Waals surface area contributed by atoms with Gasteiger partial charge < -0.3 is 5.32 Å². The molecule has 1 aliphatic heterocycles. The molecule has 0 amide bonds. The maximum Gasteiger partial charge on any atom is 0.182 e. The van der Waals surface area contributed by atoms with Crippen LogP contribution in [0.4, 0.5) is 0 Å². The highest BCUT2D eigenvalue weighted by molar-refractivity contribution is 7.92. The zero-order valence-electron chi connectivity index (χ0n) is 14.4. The van der Waals surface area contributed by atoms with Crippen LogP contribution in [0, 0.1) is 5.41 Å². The number of ketones is 1. The molecule has 5 heteroatoms. The summed E-state index contributed by atoms with van der Waals surface area (Å²) in [4.78, 5) is 11.7. The smallest absolute Gasteiger partial charge is 0.182 e. The number of carbonyl (C=O) groups excluding carboxylic acids is 1. The molecule has 0 bridgehead atoms. The molecule has 1 aliphatic rings. The first-order chi connectivity index (χ1) is 10.6. The van der Waals surface area contributed by atoms with Crippen molar-refractivity contribution in [3.63, 3.8) is 0 Å². The van der Waals surface area contributed by atoms with Gasteiger partial charge in [0.2, 0.25) is 0 Å². The number of Topliss-reactive ketones (excluding diaryl/α,β-unsaturated/α-hetero) is 1. The molecule has 0 aliphatic carbocycles. The summed E-state index contributed by atoms with van der Waals surface area (Å²) in [6.07, 6.45) is 2.37. The van der Waals surface area contributed by atoms with E-state index in [0.29, 0.717) is 17.9 Å². The third-order valence-corrected chi connectivity index (χ3v) is 6.60. The molecule has 0 radical (unpaired) electrons. The standard InChI is InChI=1S/C18H27NO3S/c1-13(20)17-11-16(12-19-17)23(21,22)15-7-5-14(6-8-15)9-10-18(2,3)4/h5-8,16-17,19H,9-12H2,1-4H3/t16?,17-/m0/s1.